The molecule has 7 heteroatoms. The van der Waals surface area contributed by atoms with E-state index >= 15 is 0 Å². The van der Waals surface area contributed by atoms with Gasteiger partial charge in [0.05, 0.1) is 6.20 Å². The Hall–Kier alpha value is -1.53. The van der Waals surface area contributed by atoms with E-state index in [1.165, 1.54) is 20.8 Å². The highest BCUT2D eigenvalue weighted by molar-refractivity contribution is 5.97. The van der Waals surface area contributed by atoms with Gasteiger partial charge in [-0.2, -0.15) is 13.2 Å². The van der Waals surface area contributed by atoms with E-state index in [1.807, 2.05) is 0 Å². The summed E-state index contributed by atoms with van der Waals surface area (Å²) in [5.41, 5.74) is 0.0392. The number of amides is 1. The molecule has 0 saturated heterocycles. The van der Waals surface area contributed by atoms with Gasteiger partial charge in [0.2, 0.25) is 0 Å². The molecule has 0 saturated carbocycles. The van der Waals surface area contributed by atoms with E-state index in [9.17, 15) is 18.0 Å². The third-order valence-electron chi connectivity index (χ3n) is 1.96. The molecule has 0 fully saturated rings. The molecule has 0 unspecified atom stereocenters. The van der Waals surface area contributed by atoms with Gasteiger partial charge in [-0.25, -0.2) is 0 Å². The number of alkyl halides is 3. The maximum absolute atomic E-state index is 12.3. The highest BCUT2D eigenvalue weighted by Gasteiger charge is 2.44. The number of nitrogens with zero attached hydrogens (tertiary/aromatic N) is 2. The minimum absolute atomic E-state index is 0.0392. The zero-order chi connectivity index (χ0) is 12.5. The second-order valence-corrected chi connectivity index (χ2v) is 3.53. The van der Waals surface area contributed by atoms with Gasteiger partial charge in [0.15, 0.2) is 5.76 Å². The molecule has 0 aromatic carbocycles. The fourth-order valence-electron chi connectivity index (χ4n) is 1.28. The van der Waals surface area contributed by atoms with E-state index in [-0.39, 0.29) is 11.4 Å². The Kier molecular flexibility index (Phi) is 3.25. The van der Waals surface area contributed by atoms with Gasteiger partial charge >= 0.3 is 12.1 Å². The first-order chi connectivity index (χ1) is 7.25. The minimum atomic E-state index is -4.91. The van der Waals surface area contributed by atoms with Crippen molar-refractivity contribution < 1.29 is 22.5 Å². The van der Waals surface area contributed by atoms with Gasteiger partial charge in [0.1, 0.15) is 5.69 Å². The Morgan fingerprint density at radius 2 is 2.06 bits per heavy atom. The van der Waals surface area contributed by atoms with Gasteiger partial charge in [-0.05, 0) is 20.8 Å². The molecule has 0 aliphatic carbocycles. The molecular weight excluding hydrogens is 225 g/mol. The van der Waals surface area contributed by atoms with Gasteiger partial charge in [-0.3, -0.25) is 9.69 Å². The molecule has 1 aromatic heterocycles. The molecule has 0 bridgehead atoms. The van der Waals surface area contributed by atoms with Crippen LogP contribution in [0, 0.1) is 6.92 Å². The van der Waals surface area contributed by atoms with Gasteiger partial charge in [-0.1, -0.05) is 5.16 Å². The fourth-order valence-corrected chi connectivity index (χ4v) is 1.28. The van der Waals surface area contributed by atoms with Crippen molar-refractivity contribution in [3.8, 4) is 0 Å². The smallest absolute Gasteiger partial charge is 0.359 e. The predicted molar refractivity (Wildman–Crippen MR) is 49.9 cm³/mol. The topological polar surface area (TPSA) is 46.3 Å². The SMILES string of the molecule is Cc1oncc1N(C(=O)C(F)(F)F)C(C)C. The van der Waals surface area contributed by atoms with Crippen LogP contribution in [0.15, 0.2) is 10.7 Å². The number of hydrogen-bond acceptors (Lipinski definition) is 3. The summed E-state index contributed by atoms with van der Waals surface area (Å²) in [6, 6.07) is -0.632. The van der Waals surface area contributed by atoms with E-state index in [1.54, 1.807) is 0 Å². The summed E-state index contributed by atoms with van der Waals surface area (Å²) in [5, 5.41) is 3.35. The quantitative estimate of drug-likeness (QED) is 0.791. The van der Waals surface area contributed by atoms with Crippen LogP contribution in [-0.2, 0) is 4.79 Å². The summed E-state index contributed by atoms with van der Waals surface area (Å²) in [7, 11) is 0. The first-order valence-corrected chi connectivity index (χ1v) is 4.56. The zero-order valence-corrected chi connectivity index (χ0v) is 9.00. The molecule has 1 amide bonds. The first kappa shape index (κ1) is 12.5. The van der Waals surface area contributed by atoms with Crippen LogP contribution in [0.4, 0.5) is 18.9 Å². The summed E-state index contributed by atoms with van der Waals surface area (Å²) in [4.78, 5) is 11.8. The Labute approximate surface area is 90.0 Å². The first-order valence-electron chi connectivity index (χ1n) is 4.56. The number of carbonyl (C=O) groups is 1. The maximum Gasteiger partial charge on any atom is 0.471 e. The van der Waals surface area contributed by atoms with E-state index in [0.29, 0.717) is 4.90 Å². The minimum Gasteiger partial charge on any atom is -0.359 e. The second kappa shape index (κ2) is 4.15. The number of aryl methyl sites for hydroxylation is 1. The molecule has 16 heavy (non-hydrogen) atoms. The lowest BCUT2D eigenvalue weighted by atomic mass is 10.2. The fraction of sp³-hybridized carbons (Fsp3) is 0.556. The summed E-state index contributed by atoms with van der Waals surface area (Å²) in [6.45, 7) is 4.41. The van der Waals surface area contributed by atoms with Gasteiger partial charge in [0.25, 0.3) is 0 Å². The molecule has 1 aromatic rings. The Bertz CT molecular complexity index is 384. The number of hydrogen-bond donors (Lipinski definition) is 0. The van der Waals surface area contributed by atoms with Crippen LogP contribution >= 0.6 is 0 Å². The van der Waals surface area contributed by atoms with Crippen LogP contribution in [0.25, 0.3) is 0 Å². The van der Waals surface area contributed by atoms with Crippen molar-refractivity contribution in [2.24, 2.45) is 0 Å². The molecule has 1 rings (SSSR count). The zero-order valence-electron chi connectivity index (χ0n) is 9.00. The van der Waals surface area contributed by atoms with Crippen LogP contribution in [-0.4, -0.2) is 23.3 Å². The monoisotopic (exact) mass is 236 g/mol. The van der Waals surface area contributed by atoms with Crippen LogP contribution in [0.5, 0.6) is 0 Å². The van der Waals surface area contributed by atoms with Crippen LogP contribution in [0.1, 0.15) is 19.6 Å². The lowest BCUT2D eigenvalue weighted by Crippen LogP contribution is -2.45. The Balaban J connectivity index is 3.12. The Morgan fingerprint density at radius 1 is 1.50 bits per heavy atom. The van der Waals surface area contributed by atoms with Crippen molar-refractivity contribution in [1.29, 1.82) is 0 Å². The van der Waals surface area contributed by atoms with Gasteiger partial charge < -0.3 is 4.52 Å². The molecule has 0 spiro atoms. The average molecular weight is 236 g/mol. The van der Waals surface area contributed by atoms with E-state index in [4.69, 9.17) is 0 Å². The summed E-state index contributed by atoms with van der Waals surface area (Å²) < 4.78 is 41.7. The van der Waals surface area contributed by atoms with Crippen LogP contribution in [0.3, 0.4) is 0 Å². The normalized spacial score (nSPS) is 11.9. The lowest BCUT2D eigenvalue weighted by Gasteiger charge is -2.26. The molecule has 1 heterocycles. The Morgan fingerprint density at radius 3 is 2.38 bits per heavy atom. The molecule has 0 atom stereocenters. The highest BCUT2D eigenvalue weighted by Crippen LogP contribution is 2.27. The molecule has 0 aliphatic rings. The third-order valence-corrected chi connectivity index (χ3v) is 1.96. The largest absolute Gasteiger partial charge is 0.471 e. The van der Waals surface area contributed by atoms with E-state index in [0.717, 1.165) is 6.20 Å². The molecule has 4 nitrogen and oxygen atoms in total. The molecule has 0 radical (unpaired) electrons. The predicted octanol–water partition coefficient (Wildman–Crippen LogP) is 2.29. The van der Waals surface area contributed by atoms with Crippen LogP contribution in [0.2, 0.25) is 0 Å². The standard InChI is InChI=1S/C9H11F3N2O2/c1-5(2)14(8(15)9(10,11)12)7-4-13-16-6(7)3/h4-5H,1-3H3. The third kappa shape index (κ3) is 2.34. The van der Waals surface area contributed by atoms with Crippen molar-refractivity contribution >= 4 is 11.6 Å². The van der Waals surface area contributed by atoms with Crippen molar-refractivity contribution in [3.63, 3.8) is 0 Å². The second-order valence-electron chi connectivity index (χ2n) is 3.53. The molecule has 0 aliphatic heterocycles. The summed E-state index contributed by atoms with van der Waals surface area (Å²) >= 11 is 0. The number of anilines is 1. The number of aromatic nitrogens is 1. The molecular formula is C9H11F3N2O2. The van der Waals surface area contributed by atoms with E-state index < -0.39 is 18.1 Å². The van der Waals surface area contributed by atoms with Crippen molar-refractivity contribution in [2.75, 3.05) is 4.90 Å². The van der Waals surface area contributed by atoms with Crippen LogP contribution < -0.4 is 4.90 Å². The van der Waals surface area contributed by atoms with Crippen molar-refractivity contribution in [2.45, 2.75) is 33.0 Å². The number of halogens is 3. The highest BCUT2D eigenvalue weighted by atomic mass is 19.4. The van der Waals surface area contributed by atoms with Crippen molar-refractivity contribution in [3.05, 3.63) is 12.0 Å². The maximum atomic E-state index is 12.3. The van der Waals surface area contributed by atoms with Crippen molar-refractivity contribution in [1.82, 2.24) is 5.16 Å². The number of rotatable bonds is 2. The van der Waals surface area contributed by atoms with Gasteiger partial charge in [0, 0.05) is 6.04 Å². The average Bonchev–Trinajstić information content (AvgIpc) is 2.50. The summed E-state index contributed by atoms with van der Waals surface area (Å²) in [6.07, 6.45) is -3.81. The number of carbonyl (C=O) groups excluding carboxylic acids is 1. The molecule has 0 N–H and O–H groups in total. The lowest BCUT2D eigenvalue weighted by molar-refractivity contribution is -0.170. The molecule has 90 valence electrons. The van der Waals surface area contributed by atoms with Gasteiger partial charge in [-0.15, -0.1) is 0 Å². The van der Waals surface area contributed by atoms with E-state index in [2.05, 4.69) is 9.68 Å². The summed E-state index contributed by atoms with van der Waals surface area (Å²) in [5.74, 6) is -1.75.